The van der Waals surface area contributed by atoms with Crippen LogP contribution in [0.4, 0.5) is 0 Å². The second-order valence-corrected chi connectivity index (χ2v) is 7.57. The first-order valence-corrected chi connectivity index (χ1v) is 9.06. The summed E-state index contributed by atoms with van der Waals surface area (Å²) >= 11 is 1.42. The number of aromatic nitrogens is 2. The molecule has 1 fully saturated rings. The normalized spacial score (nSPS) is 14.4. The van der Waals surface area contributed by atoms with Crippen LogP contribution in [0.5, 0.6) is 0 Å². The van der Waals surface area contributed by atoms with Gasteiger partial charge in [-0.15, -0.1) is 11.3 Å². The molecule has 2 heterocycles. The topological polar surface area (TPSA) is 62.5 Å². The number of carbonyl (C=O) groups is 1. The zero-order chi connectivity index (χ0) is 17.4. The summed E-state index contributed by atoms with van der Waals surface area (Å²) in [7, 11) is 3.99. The average Bonchev–Trinajstić information content (AvgIpc) is 3.26. The maximum atomic E-state index is 12.8. The second-order valence-electron chi connectivity index (χ2n) is 6.57. The minimum absolute atomic E-state index is 0.0345. The van der Waals surface area contributed by atoms with Gasteiger partial charge in [0, 0.05) is 26.2 Å². The molecule has 1 amide bonds. The highest BCUT2D eigenvalue weighted by Gasteiger charge is 2.27. The molecule has 2 aromatic heterocycles. The van der Waals surface area contributed by atoms with Gasteiger partial charge in [-0.2, -0.15) is 0 Å². The average molecular weight is 348 g/mol. The summed E-state index contributed by atoms with van der Waals surface area (Å²) in [4.78, 5) is 22.1. The molecule has 6 nitrogen and oxygen atoms in total. The second kappa shape index (κ2) is 6.64. The number of rotatable bonds is 6. The van der Waals surface area contributed by atoms with Crippen LogP contribution < -0.4 is 0 Å². The highest BCUT2D eigenvalue weighted by Crippen LogP contribution is 2.33. The molecule has 0 aromatic carbocycles. The van der Waals surface area contributed by atoms with Crippen LogP contribution in [0, 0.1) is 20.8 Å². The largest absolute Gasteiger partial charge is 0.361 e. The molecule has 0 radical (unpaired) electrons. The fraction of sp³-hybridized carbons (Fsp3) is 0.588. The van der Waals surface area contributed by atoms with Crippen LogP contribution in [-0.4, -0.2) is 59.1 Å². The molecule has 7 heteroatoms. The van der Waals surface area contributed by atoms with Crippen molar-refractivity contribution in [3.8, 4) is 10.6 Å². The van der Waals surface area contributed by atoms with Crippen molar-refractivity contribution in [2.45, 2.75) is 39.7 Å². The third kappa shape index (κ3) is 3.37. The van der Waals surface area contributed by atoms with E-state index in [4.69, 9.17) is 4.52 Å². The molecule has 0 aliphatic heterocycles. The van der Waals surface area contributed by atoms with Crippen molar-refractivity contribution in [3.05, 3.63) is 22.0 Å². The number of hydrogen-bond acceptors (Lipinski definition) is 6. The third-order valence-electron chi connectivity index (χ3n) is 4.54. The van der Waals surface area contributed by atoms with Crippen molar-refractivity contribution in [1.29, 1.82) is 0 Å². The fourth-order valence-electron chi connectivity index (χ4n) is 2.77. The standard InChI is InChI=1S/C17H24N4O2S/c1-10-14(12(3)23-19-10)16-18-11(2)15(24-16)17(22)21(5)9-8-20(4)13-6-7-13/h13H,6-9H2,1-5H3. The minimum Gasteiger partial charge on any atom is -0.361 e. The quantitative estimate of drug-likeness (QED) is 0.803. The molecule has 2 aromatic rings. The lowest BCUT2D eigenvalue weighted by Crippen LogP contribution is -2.35. The molecule has 0 saturated heterocycles. The van der Waals surface area contributed by atoms with E-state index in [0.717, 1.165) is 40.8 Å². The molecule has 3 rings (SSSR count). The Balaban J connectivity index is 1.73. The Hall–Kier alpha value is -1.73. The highest BCUT2D eigenvalue weighted by molar-refractivity contribution is 7.17. The first kappa shape index (κ1) is 17.1. The molecule has 1 aliphatic rings. The fourth-order valence-corrected chi connectivity index (χ4v) is 3.98. The first-order valence-electron chi connectivity index (χ1n) is 8.25. The third-order valence-corrected chi connectivity index (χ3v) is 5.71. The van der Waals surface area contributed by atoms with E-state index in [0.29, 0.717) is 10.9 Å². The number of aryl methyl sites for hydroxylation is 3. The van der Waals surface area contributed by atoms with E-state index in [1.807, 2.05) is 27.8 Å². The Bertz CT molecular complexity index is 728. The summed E-state index contributed by atoms with van der Waals surface area (Å²) < 4.78 is 5.22. The smallest absolute Gasteiger partial charge is 0.265 e. The lowest BCUT2D eigenvalue weighted by atomic mass is 10.2. The van der Waals surface area contributed by atoms with Crippen molar-refractivity contribution in [2.75, 3.05) is 27.2 Å². The summed E-state index contributed by atoms with van der Waals surface area (Å²) in [5.74, 6) is 0.770. The van der Waals surface area contributed by atoms with Crippen LogP contribution in [0.3, 0.4) is 0 Å². The van der Waals surface area contributed by atoms with E-state index in [9.17, 15) is 4.79 Å². The van der Waals surface area contributed by atoms with Crippen molar-refractivity contribution in [1.82, 2.24) is 19.9 Å². The van der Waals surface area contributed by atoms with Gasteiger partial charge in [-0.1, -0.05) is 5.16 Å². The van der Waals surface area contributed by atoms with E-state index in [-0.39, 0.29) is 5.91 Å². The first-order chi connectivity index (χ1) is 11.4. The van der Waals surface area contributed by atoms with Gasteiger partial charge in [-0.05, 0) is 40.7 Å². The van der Waals surface area contributed by atoms with Crippen LogP contribution >= 0.6 is 11.3 Å². The van der Waals surface area contributed by atoms with Gasteiger partial charge in [-0.25, -0.2) is 4.98 Å². The summed E-state index contributed by atoms with van der Waals surface area (Å²) in [6.07, 6.45) is 2.56. The lowest BCUT2D eigenvalue weighted by molar-refractivity contribution is 0.0785. The number of likely N-dealkylation sites (N-methyl/N-ethyl adjacent to an activating group) is 2. The van der Waals surface area contributed by atoms with Gasteiger partial charge < -0.3 is 14.3 Å². The maximum absolute atomic E-state index is 12.8. The molecule has 0 bridgehead atoms. The van der Waals surface area contributed by atoms with E-state index in [1.54, 1.807) is 4.90 Å². The maximum Gasteiger partial charge on any atom is 0.265 e. The van der Waals surface area contributed by atoms with Crippen molar-refractivity contribution < 1.29 is 9.32 Å². The van der Waals surface area contributed by atoms with Crippen molar-refractivity contribution in [3.63, 3.8) is 0 Å². The van der Waals surface area contributed by atoms with Crippen molar-refractivity contribution in [2.24, 2.45) is 0 Å². The van der Waals surface area contributed by atoms with Gasteiger partial charge in [0.15, 0.2) is 0 Å². The van der Waals surface area contributed by atoms with E-state index in [2.05, 4.69) is 22.1 Å². The van der Waals surface area contributed by atoms with E-state index < -0.39 is 0 Å². The molecule has 0 unspecified atom stereocenters. The minimum atomic E-state index is 0.0345. The summed E-state index contributed by atoms with van der Waals surface area (Å²) in [5, 5.41) is 4.77. The molecule has 130 valence electrons. The summed E-state index contributed by atoms with van der Waals surface area (Å²) in [6, 6.07) is 0.713. The molecule has 0 N–H and O–H groups in total. The molecule has 0 atom stereocenters. The van der Waals surface area contributed by atoms with Gasteiger partial charge in [0.2, 0.25) is 0 Å². The number of carbonyl (C=O) groups excluding carboxylic acids is 1. The SMILES string of the molecule is Cc1nc(-c2c(C)noc2C)sc1C(=O)N(C)CCN(C)C1CC1. The van der Waals surface area contributed by atoms with Crippen LogP contribution in [0.2, 0.25) is 0 Å². The summed E-state index contributed by atoms with van der Waals surface area (Å²) in [6.45, 7) is 7.28. The number of thiazole rings is 1. The Morgan fingerprint density at radius 1 is 1.21 bits per heavy atom. The Labute approximate surface area is 146 Å². The van der Waals surface area contributed by atoms with Crippen molar-refractivity contribution >= 4 is 17.2 Å². The van der Waals surface area contributed by atoms with Crippen LogP contribution in [0.25, 0.3) is 10.6 Å². The molecule has 24 heavy (non-hydrogen) atoms. The van der Waals surface area contributed by atoms with Gasteiger partial charge in [-0.3, -0.25) is 4.79 Å². The van der Waals surface area contributed by atoms with Gasteiger partial charge in [0.1, 0.15) is 15.6 Å². The zero-order valence-electron chi connectivity index (χ0n) is 14.9. The predicted molar refractivity (Wildman–Crippen MR) is 94.4 cm³/mol. The number of nitrogens with zero attached hydrogens (tertiary/aromatic N) is 4. The Kier molecular flexibility index (Phi) is 4.73. The Morgan fingerprint density at radius 3 is 2.50 bits per heavy atom. The van der Waals surface area contributed by atoms with Crippen LogP contribution in [0.15, 0.2) is 4.52 Å². The molecule has 1 saturated carbocycles. The lowest BCUT2D eigenvalue weighted by Gasteiger charge is -2.21. The van der Waals surface area contributed by atoms with Gasteiger partial charge >= 0.3 is 0 Å². The highest BCUT2D eigenvalue weighted by atomic mass is 32.1. The van der Waals surface area contributed by atoms with Gasteiger partial charge in [0.25, 0.3) is 5.91 Å². The molecular weight excluding hydrogens is 324 g/mol. The Morgan fingerprint density at radius 2 is 1.92 bits per heavy atom. The summed E-state index contributed by atoms with van der Waals surface area (Å²) in [5.41, 5.74) is 2.47. The predicted octanol–water partition coefficient (Wildman–Crippen LogP) is 2.89. The van der Waals surface area contributed by atoms with Crippen LogP contribution in [0.1, 0.15) is 39.7 Å². The van der Waals surface area contributed by atoms with Gasteiger partial charge in [0.05, 0.1) is 17.0 Å². The van der Waals surface area contributed by atoms with Crippen LogP contribution in [-0.2, 0) is 0 Å². The number of hydrogen-bond donors (Lipinski definition) is 0. The van der Waals surface area contributed by atoms with E-state index in [1.165, 1.54) is 24.2 Å². The molecule has 0 spiro atoms. The monoisotopic (exact) mass is 348 g/mol. The molecular formula is C17H24N4O2S. The zero-order valence-corrected chi connectivity index (χ0v) is 15.7. The molecule has 1 aliphatic carbocycles. The number of amides is 1. The van der Waals surface area contributed by atoms with E-state index >= 15 is 0 Å².